The highest BCUT2D eigenvalue weighted by molar-refractivity contribution is 6.08. The molecule has 0 aromatic heterocycles. The third-order valence-electron chi connectivity index (χ3n) is 5.23. The second kappa shape index (κ2) is 9.42. The maximum absolute atomic E-state index is 12.3. The first-order chi connectivity index (χ1) is 14.8. The summed E-state index contributed by atoms with van der Waals surface area (Å²) in [6.45, 7) is 2.30. The Labute approximate surface area is 180 Å². The van der Waals surface area contributed by atoms with Crippen LogP contribution in [0.2, 0.25) is 0 Å². The molecule has 8 heteroatoms. The Hall–Kier alpha value is -3.68. The SMILES string of the molecule is CC[C@@]1(C)NC(=O)N(CC(=O)OCC(=O)Nc2ccccc2Cc2ccccc2)C1=O. The van der Waals surface area contributed by atoms with Crippen molar-refractivity contribution in [2.75, 3.05) is 18.5 Å². The van der Waals surface area contributed by atoms with Gasteiger partial charge in [-0.15, -0.1) is 0 Å². The van der Waals surface area contributed by atoms with Crippen molar-refractivity contribution in [2.45, 2.75) is 32.2 Å². The van der Waals surface area contributed by atoms with Crippen LogP contribution in [0.5, 0.6) is 0 Å². The van der Waals surface area contributed by atoms with Crippen molar-refractivity contribution in [1.82, 2.24) is 10.2 Å². The number of carbonyl (C=O) groups excluding carboxylic acids is 4. The highest BCUT2D eigenvalue weighted by Crippen LogP contribution is 2.21. The van der Waals surface area contributed by atoms with Crippen LogP contribution in [0.4, 0.5) is 10.5 Å². The minimum atomic E-state index is -1.03. The Morgan fingerprint density at radius 2 is 1.74 bits per heavy atom. The Bertz CT molecular complexity index is 992. The highest BCUT2D eigenvalue weighted by Gasteiger charge is 2.47. The summed E-state index contributed by atoms with van der Waals surface area (Å²) >= 11 is 0. The first-order valence-corrected chi connectivity index (χ1v) is 10.0. The van der Waals surface area contributed by atoms with Gasteiger partial charge >= 0.3 is 12.0 Å². The first kappa shape index (κ1) is 22.0. The number of para-hydroxylation sites is 1. The van der Waals surface area contributed by atoms with Crippen molar-refractivity contribution in [3.05, 3.63) is 65.7 Å². The number of ether oxygens (including phenoxy) is 1. The van der Waals surface area contributed by atoms with E-state index in [0.717, 1.165) is 16.0 Å². The van der Waals surface area contributed by atoms with E-state index in [1.54, 1.807) is 26.0 Å². The second-order valence-corrected chi connectivity index (χ2v) is 7.54. The summed E-state index contributed by atoms with van der Waals surface area (Å²) in [6.07, 6.45) is 1.04. The lowest BCUT2D eigenvalue weighted by molar-refractivity contribution is -0.150. The molecule has 0 spiro atoms. The van der Waals surface area contributed by atoms with Gasteiger partial charge in [0.15, 0.2) is 6.61 Å². The lowest BCUT2D eigenvalue weighted by Crippen LogP contribution is -2.43. The van der Waals surface area contributed by atoms with Gasteiger partial charge in [0, 0.05) is 5.69 Å². The molecule has 0 unspecified atom stereocenters. The zero-order chi connectivity index (χ0) is 22.4. The van der Waals surface area contributed by atoms with Crippen LogP contribution in [-0.2, 0) is 25.5 Å². The van der Waals surface area contributed by atoms with Gasteiger partial charge in [0.2, 0.25) is 0 Å². The van der Waals surface area contributed by atoms with Gasteiger partial charge in [0.1, 0.15) is 12.1 Å². The van der Waals surface area contributed by atoms with E-state index >= 15 is 0 Å². The smallest absolute Gasteiger partial charge is 0.326 e. The average molecular weight is 423 g/mol. The molecule has 4 amide bonds. The number of hydrogen-bond acceptors (Lipinski definition) is 5. The molecule has 2 aromatic carbocycles. The van der Waals surface area contributed by atoms with Crippen molar-refractivity contribution in [3.8, 4) is 0 Å². The molecular weight excluding hydrogens is 398 g/mol. The molecular formula is C23H25N3O5. The van der Waals surface area contributed by atoms with E-state index in [0.29, 0.717) is 18.5 Å². The van der Waals surface area contributed by atoms with Crippen LogP contribution in [0.1, 0.15) is 31.4 Å². The topological polar surface area (TPSA) is 105 Å². The van der Waals surface area contributed by atoms with Gasteiger partial charge in [0.05, 0.1) is 0 Å². The van der Waals surface area contributed by atoms with Crippen molar-refractivity contribution < 1.29 is 23.9 Å². The summed E-state index contributed by atoms with van der Waals surface area (Å²) in [5, 5.41) is 5.30. The lowest BCUT2D eigenvalue weighted by Gasteiger charge is -2.18. The Balaban J connectivity index is 1.53. The fourth-order valence-electron chi connectivity index (χ4n) is 3.25. The lowest BCUT2D eigenvalue weighted by atomic mass is 9.99. The molecule has 2 aromatic rings. The van der Waals surface area contributed by atoms with Crippen molar-refractivity contribution in [2.24, 2.45) is 0 Å². The highest BCUT2D eigenvalue weighted by atomic mass is 16.5. The summed E-state index contributed by atoms with van der Waals surface area (Å²) in [6, 6.07) is 16.6. The van der Waals surface area contributed by atoms with E-state index < -0.39 is 42.5 Å². The number of benzene rings is 2. The van der Waals surface area contributed by atoms with Gasteiger partial charge in [-0.25, -0.2) is 4.79 Å². The van der Waals surface area contributed by atoms with Gasteiger partial charge in [-0.3, -0.25) is 19.3 Å². The van der Waals surface area contributed by atoms with E-state index in [-0.39, 0.29) is 0 Å². The Morgan fingerprint density at radius 1 is 1.06 bits per heavy atom. The van der Waals surface area contributed by atoms with Crippen LogP contribution in [0.3, 0.4) is 0 Å². The average Bonchev–Trinajstić information content (AvgIpc) is 2.98. The fourth-order valence-corrected chi connectivity index (χ4v) is 3.25. The normalized spacial score (nSPS) is 17.9. The minimum Gasteiger partial charge on any atom is -0.454 e. The maximum atomic E-state index is 12.3. The minimum absolute atomic E-state index is 0.397. The molecule has 8 nitrogen and oxygen atoms in total. The number of esters is 1. The number of rotatable bonds is 8. The van der Waals surface area contributed by atoms with Crippen LogP contribution in [0.15, 0.2) is 54.6 Å². The summed E-state index contributed by atoms with van der Waals surface area (Å²) in [7, 11) is 0. The van der Waals surface area contributed by atoms with Crippen LogP contribution in [0, 0.1) is 0 Å². The van der Waals surface area contributed by atoms with E-state index in [1.807, 2.05) is 42.5 Å². The molecule has 0 radical (unpaired) electrons. The van der Waals surface area contributed by atoms with Gasteiger partial charge in [-0.2, -0.15) is 0 Å². The van der Waals surface area contributed by atoms with Crippen molar-refractivity contribution in [3.63, 3.8) is 0 Å². The monoisotopic (exact) mass is 423 g/mol. The number of urea groups is 1. The molecule has 2 N–H and O–H groups in total. The van der Waals surface area contributed by atoms with Crippen LogP contribution in [0.25, 0.3) is 0 Å². The van der Waals surface area contributed by atoms with E-state index in [2.05, 4.69) is 10.6 Å². The quantitative estimate of drug-likeness (QED) is 0.501. The first-order valence-electron chi connectivity index (χ1n) is 10.0. The zero-order valence-corrected chi connectivity index (χ0v) is 17.5. The number of hydrogen-bond donors (Lipinski definition) is 2. The van der Waals surface area contributed by atoms with Crippen LogP contribution >= 0.6 is 0 Å². The molecule has 1 saturated heterocycles. The van der Waals surface area contributed by atoms with Crippen molar-refractivity contribution >= 4 is 29.5 Å². The van der Waals surface area contributed by atoms with Gasteiger partial charge in [0.25, 0.3) is 11.8 Å². The Morgan fingerprint density at radius 3 is 2.42 bits per heavy atom. The molecule has 0 aliphatic carbocycles. The summed E-state index contributed by atoms with van der Waals surface area (Å²) < 4.78 is 4.97. The molecule has 1 heterocycles. The number of amides is 4. The van der Waals surface area contributed by atoms with E-state index in [9.17, 15) is 19.2 Å². The van der Waals surface area contributed by atoms with Gasteiger partial charge in [-0.1, -0.05) is 55.5 Å². The van der Waals surface area contributed by atoms with Crippen LogP contribution in [-0.4, -0.2) is 47.4 Å². The number of nitrogens with zero attached hydrogens (tertiary/aromatic N) is 1. The predicted octanol–water partition coefficient (Wildman–Crippen LogP) is 2.48. The van der Waals surface area contributed by atoms with E-state index in [4.69, 9.17) is 4.74 Å². The van der Waals surface area contributed by atoms with Crippen molar-refractivity contribution in [1.29, 1.82) is 0 Å². The molecule has 3 rings (SSSR count). The summed E-state index contributed by atoms with van der Waals surface area (Å²) in [5.74, 6) is -1.84. The van der Waals surface area contributed by atoms with Gasteiger partial charge in [-0.05, 0) is 37.0 Å². The largest absolute Gasteiger partial charge is 0.454 e. The summed E-state index contributed by atoms with van der Waals surface area (Å²) in [4.78, 5) is 49.5. The third-order valence-corrected chi connectivity index (χ3v) is 5.23. The van der Waals surface area contributed by atoms with E-state index in [1.165, 1.54) is 0 Å². The molecule has 162 valence electrons. The molecule has 1 atom stereocenters. The van der Waals surface area contributed by atoms with Crippen LogP contribution < -0.4 is 10.6 Å². The molecule has 1 aliphatic heterocycles. The summed E-state index contributed by atoms with van der Waals surface area (Å²) in [5.41, 5.74) is 1.62. The number of nitrogens with one attached hydrogen (secondary N) is 2. The predicted molar refractivity (Wildman–Crippen MR) is 114 cm³/mol. The maximum Gasteiger partial charge on any atom is 0.326 e. The number of imide groups is 1. The fraction of sp³-hybridized carbons (Fsp3) is 0.304. The van der Waals surface area contributed by atoms with Gasteiger partial charge < -0.3 is 15.4 Å². The number of anilines is 1. The second-order valence-electron chi connectivity index (χ2n) is 7.54. The molecule has 0 saturated carbocycles. The molecule has 31 heavy (non-hydrogen) atoms. The standard InChI is InChI=1S/C23H25N3O5/c1-3-23(2)21(29)26(22(30)25-23)14-20(28)31-15-19(27)24-18-12-8-7-11-17(18)13-16-9-5-4-6-10-16/h4-12H,3,13-15H2,1-2H3,(H,24,27)(H,25,30)/t23-/m1/s1. The number of carbonyl (C=O) groups is 4. The molecule has 1 aliphatic rings. The molecule has 0 bridgehead atoms. The molecule has 1 fully saturated rings. The zero-order valence-electron chi connectivity index (χ0n) is 17.5. The third kappa shape index (κ3) is 5.28. The Kier molecular flexibility index (Phi) is 6.69.